The molecule has 7 heteroatoms. The lowest BCUT2D eigenvalue weighted by molar-refractivity contribution is -0.136. The highest BCUT2D eigenvalue weighted by molar-refractivity contribution is 6.03. The van der Waals surface area contributed by atoms with Gasteiger partial charge in [-0.25, -0.2) is 4.79 Å². The molecule has 1 amide bonds. The van der Waals surface area contributed by atoms with Crippen molar-refractivity contribution in [2.24, 2.45) is 7.05 Å². The summed E-state index contributed by atoms with van der Waals surface area (Å²) in [6.07, 6.45) is 1.81. The molecule has 7 nitrogen and oxygen atoms in total. The molecule has 2 aromatic carbocycles. The zero-order chi connectivity index (χ0) is 20.0. The number of benzene rings is 2. The first-order valence-corrected chi connectivity index (χ1v) is 8.79. The molecule has 28 heavy (non-hydrogen) atoms. The number of fused-ring (bicyclic) bond motifs is 2. The van der Waals surface area contributed by atoms with Gasteiger partial charge in [0.05, 0.1) is 25.4 Å². The molecule has 2 heterocycles. The van der Waals surface area contributed by atoms with E-state index in [0.717, 1.165) is 27.6 Å². The van der Waals surface area contributed by atoms with Gasteiger partial charge in [0.1, 0.15) is 0 Å². The summed E-state index contributed by atoms with van der Waals surface area (Å²) in [5.41, 5.74) is 11.1. The summed E-state index contributed by atoms with van der Waals surface area (Å²) in [6.45, 7) is 4.21. The third kappa shape index (κ3) is 2.81. The molecule has 2 N–H and O–H groups in total. The second kappa shape index (κ2) is 6.53. The van der Waals surface area contributed by atoms with E-state index in [1.807, 2.05) is 42.2 Å². The maximum atomic E-state index is 12.9. The summed E-state index contributed by atoms with van der Waals surface area (Å²) in [5.74, 6) is -0.694. The summed E-state index contributed by atoms with van der Waals surface area (Å²) >= 11 is 0. The largest absolute Gasteiger partial charge is 0.466 e. The Hall–Kier alpha value is -3.61. The first-order chi connectivity index (χ1) is 13.4. The lowest BCUT2D eigenvalue weighted by Crippen LogP contribution is -2.28. The van der Waals surface area contributed by atoms with Crippen LogP contribution >= 0.6 is 0 Å². The van der Waals surface area contributed by atoms with Crippen LogP contribution in [0.5, 0.6) is 0 Å². The summed E-state index contributed by atoms with van der Waals surface area (Å²) in [6, 6.07) is 9.60. The minimum Gasteiger partial charge on any atom is -0.466 e. The molecule has 3 aromatic rings. The summed E-state index contributed by atoms with van der Waals surface area (Å²) in [4.78, 5) is 26.1. The van der Waals surface area contributed by atoms with E-state index >= 15 is 0 Å². The molecule has 1 aromatic heterocycles. The fourth-order valence-corrected chi connectivity index (χ4v) is 3.62. The fraction of sp³-hybridized carbons (Fsp3) is 0.190. The molecule has 0 radical (unpaired) electrons. The fourth-order valence-electron chi connectivity index (χ4n) is 3.62. The van der Waals surface area contributed by atoms with Crippen molar-refractivity contribution in [1.82, 2.24) is 14.7 Å². The van der Waals surface area contributed by atoms with E-state index in [9.17, 15) is 9.59 Å². The molecule has 0 saturated heterocycles. The van der Waals surface area contributed by atoms with Crippen molar-refractivity contribution < 1.29 is 14.3 Å². The van der Waals surface area contributed by atoms with Crippen LogP contribution in [-0.4, -0.2) is 40.2 Å². The van der Waals surface area contributed by atoms with E-state index in [1.54, 1.807) is 11.0 Å². The molecule has 1 aliphatic heterocycles. The predicted molar refractivity (Wildman–Crippen MR) is 106 cm³/mol. The van der Waals surface area contributed by atoms with Crippen LogP contribution in [0, 0.1) is 0 Å². The van der Waals surface area contributed by atoms with Crippen LogP contribution < -0.4 is 5.73 Å². The minimum atomic E-state index is -0.523. The maximum Gasteiger partial charge on any atom is 0.334 e. The first-order valence-electron chi connectivity index (χ1n) is 8.79. The van der Waals surface area contributed by atoms with Crippen LogP contribution in [-0.2, 0) is 23.1 Å². The van der Waals surface area contributed by atoms with Gasteiger partial charge in [-0.15, -0.1) is 0 Å². The number of rotatable bonds is 4. The van der Waals surface area contributed by atoms with E-state index < -0.39 is 5.97 Å². The molecule has 1 aliphatic rings. The Kier molecular flexibility index (Phi) is 4.15. The number of amides is 1. The Labute approximate surface area is 162 Å². The lowest BCUT2D eigenvalue weighted by atomic mass is 9.95. The molecule has 142 valence electrons. The number of esters is 1. The number of aryl methyl sites for hydroxylation is 1. The Morgan fingerprint density at radius 1 is 1.29 bits per heavy atom. The van der Waals surface area contributed by atoms with E-state index in [2.05, 4.69) is 16.4 Å². The van der Waals surface area contributed by atoms with E-state index in [-0.39, 0.29) is 18.0 Å². The Bertz CT molecular complexity index is 1150. The van der Waals surface area contributed by atoms with Crippen molar-refractivity contribution in [2.45, 2.75) is 6.54 Å². The van der Waals surface area contributed by atoms with Crippen molar-refractivity contribution in [3.63, 3.8) is 0 Å². The average molecular weight is 376 g/mol. The van der Waals surface area contributed by atoms with Gasteiger partial charge in [0.2, 0.25) is 0 Å². The molecule has 0 atom stereocenters. The highest BCUT2D eigenvalue weighted by Gasteiger charge is 2.31. The highest BCUT2D eigenvalue weighted by atomic mass is 16.5. The third-order valence-electron chi connectivity index (χ3n) is 5.05. The van der Waals surface area contributed by atoms with Crippen molar-refractivity contribution in [2.75, 3.05) is 19.4 Å². The standard InChI is InChI=1S/C21H20N4O3/c1-12(21(27)28-3)10-25-11-18-16(7-15(22)8-17(18)20(25)26)13-4-5-14-9-23-24(2)19(14)6-13/h4-9H,1,10-11,22H2,2-3H3. The number of nitrogens with two attached hydrogens (primary N) is 1. The second-order valence-corrected chi connectivity index (χ2v) is 6.89. The molecule has 0 bridgehead atoms. The number of nitrogens with zero attached hydrogens (tertiary/aromatic N) is 3. The number of nitrogen functional groups attached to an aromatic ring is 1. The SMILES string of the molecule is C=C(CN1Cc2c(cc(N)cc2-c2ccc3cnn(C)c3c2)C1=O)C(=O)OC. The topological polar surface area (TPSA) is 90.5 Å². The number of aromatic nitrogens is 2. The van der Waals surface area contributed by atoms with Crippen LogP contribution in [0.15, 0.2) is 48.7 Å². The van der Waals surface area contributed by atoms with Gasteiger partial charge in [0.15, 0.2) is 0 Å². The number of methoxy groups -OCH3 is 1. The molecule has 0 spiro atoms. The molecule has 0 fully saturated rings. The van der Waals surface area contributed by atoms with Crippen molar-refractivity contribution in [3.8, 4) is 11.1 Å². The number of carbonyl (C=O) groups is 2. The van der Waals surface area contributed by atoms with Crippen molar-refractivity contribution in [1.29, 1.82) is 0 Å². The predicted octanol–water partition coefficient (Wildman–Crippen LogP) is 2.51. The maximum absolute atomic E-state index is 12.9. The van der Waals surface area contributed by atoms with Crippen LogP contribution in [0.4, 0.5) is 5.69 Å². The van der Waals surface area contributed by atoms with Gasteiger partial charge in [-0.3, -0.25) is 9.48 Å². The number of hydrogen-bond acceptors (Lipinski definition) is 5. The zero-order valence-corrected chi connectivity index (χ0v) is 15.7. The first kappa shape index (κ1) is 17.8. The Morgan fingerprint density at radius 2 is 2.04 bits per heavy atom. The summed E-state index contributed by atoms with van der Waals surface area (Å²) in [5, 5.41) is 5.32. The molecule has 0 saturated carbocycles. The van der Waals surface area contributed by atoms with Gasteiger partial charge in [-0.2, -0.15) is 5.10 Å². The van der Waals surface area contributed by atoms with Gasteiger partial charge in [0, 0.05) is 35.8 Å². The monoisotopic (exact) mass is 376 g/mol. The number of carbonyl (C=O) groups excluding carboxylic acids is 2. The highest BCUT2D eigenvalue weighted by Crippen LogP contribution is 2.36. The van der Waals surface area contributed by atoms with E-state index in [0.29, 0.717) is 17.8 Å². The second-order valence-electron chi connectivity index (χ2n) is 6.89. The van der Waals surface area contributed by atoms with E-state index in [4.69, 9.17) is 5.73 Å². The number of anilines is 1. The molecular formula is C21H20N4O3. The van der Waals surface area contributed by atoms with Gasteiger partial charge >= 0.3 is 5.97 Å². The van der Waals surface area contributed by atoms with Gasteiger partial charge in [-0.05, 0) is 34.9 Å². The normalized spacial score (nSPS) is 13.1. The van der Waals surface area contributed by atoms with Crippen molar-refractivity contribution >= 4 is 28.5 Å². The van der Waals surface area contributed by atoms with Crippen LogP contribution in [0.25, 0.3) is 22.0 Å². The minimum absolute atomic E-state index is 0.111. The van der Waals surface area contributed by atoms with E-state index in [1.165, 1.54) is 7.11 Å². The quantitative estimate of drug-likeness (QED) is 0.429. The van der Waals surface area contributed by atoms with Crippen LogP contribution in [0.2, 0.25) is 0 Å². The van der Waals surface area contributed by atoms with Gasteiger partial charge < -0.3 is 15.4 Å². The summed E-state index contributed by atoms with van der Waals surface area (Å²) < 4.78 is 6.50. The zero-order valence-electron chi connectivity index (χ0n) is 15.7. The molecule has 0 unspecified atom stereocenters. The Morgan fingerprint density at radius 3 is 2.79 bits per heavy atom. The van der Waals surface area contributed by atoms with Crippen molar-refractivity contribution in [3.05, 3.63) is 59.8 Å². The smallest absolute Gasteiger partial charge is 0.334 e. The van der Waals surface area contributed by atoms with Crippen LogP contribution in [0.1, 0.15) is 15.9 Å². The Balaban J connectivity index is 1.75. The third-order valence-corrected chi connectivity index (χ3v) is 5.05. The number of hydrogen-bond donors (Lipinski definition) is 1. The van der Waals surface area contributed by atoms with Crippen LogP contribution in [0.3, 0.4) is 0 Å². The summed E-state index contributed by atoms with van der Waals surface area (Å²) in [7, 11) is 3.18. The molecule has 0 aliphatic carbocycles. The van der Waals surface area contributed by atoms with Gasteiger partial charge in [-0.1, -0.05) is 18.7 Å². The lowest BCUT2D eigenvalue weighted by Gasteiger charge is -2.16. The molecule has 4 rings (SSSR count). The molecular weight excluding hydrogens is 356 g/mol. The van der Waals surface area contributed by atoms with Gasteiger partial charge in [0.25, 0.3) is 5.91 Å². The average Bonchev–Trinajstić information content (AvgIpc) is 3.21. The number of ether oxygens (including phenoxy) is 1.